The normalized spacial score (nSPS) is 18.6. The maximum absolute atomic E-state index is 12.9. The van der Waals surface area contributed by atoms with Crippen molar-refractivity contribution >= 4 is 34.6 Å². The van der Waals surface area contributed by atoms with E-state index in [4.69, 9.17) is 0 Å². The maximum atomic E-state index is 12.9. The fraction of sp³-hybridized carbons (Fsp3) is 0.115. The van der Waals surface area contributed by atoms with Crippen molar-refractivity contribution in [3.05, 3.63) is 83.4 Å². The minimum Gasteiger partial charge on any atom is -0.508 e. The Morgan fingerprint density at radius 1 is 1.06 bits per heavy atom. The predicted molar refractivity (Wildman–Crippen MR) is 126 cm³/mol. The molecule has 33 heavy (non-hydrogen) atoms. The number of nitrogens with zero attached hydrogens (tertiary/aromatic N) is 1. The molecule has 4 aromatic rings. The Kier molecular flexibility index (Phi) is 4.29. The zero-order valence-electron chi connectivity index (χ0n) is 17.5. The number of phenols is 1. The molecular formula is C26H20N4O3. The van der Waals surface area contributed by atoms with E-state index in [1.807, 2.05) is 48.5 Å². The molecule has 6 rings (SSSR count). The lowest BCUT2D eigenvalue weighted by molar-refractivity contribution is -0.117. The lowest BCUT2D eigenvalue weighted by atomic mass is 10.0. The number of carbonyl (C=O) groups is 2. The second-order valence-electron chi connectivity index (χ2n) is 8.45. The largest absolute Gasteiger partial charge is 0.508 e. The fourth-order valence-corrected chi connectivity index (χ4v) is 4.60. The first-order valence-electron chi connectivity index (χ1n) is 10.8. The molecular weight excluding hydrogens is 416 g/mol. The average Bonchev–Trinajstić information content (AvgIpc) is 3.57. The molecule has 0 spiro atoms. The van der Waals surface area contributed by atoms with Crippen molar-refractivity contribution in [1.82, 2.24) is 10.4 Å². The zero-order valence-corrected chi connectivity index (χ0v) is 17.5. The van der Waals surface area contributed by atoms with Crippen molar-refractivity contribution in [3.63, 3.8) is 0 Å². The van der Waals surface area contributed by atoms with Crippen molar-refractivity contribution in [2.75, 3.05) is 5.32 Å². The lowest BCUT2D eigenvalue weighted by Gasteiger charge is -2.08. The number of H-pyrrole nitrogens is 1. The summed E-state index contributed by atoms with van der Waals surface area (Å²) in [7, 11) is 0. The van der Waals surface area contributed by atoms with E-state index in [-0.39, 0.29) is 29.4 Å². The van der Waals surface area contributed by atoms with E-state index in [1.54, 1.807) is 24.4 Å². The first kappa shape index (κ1) is 19.3. The molecule has 1 aliphatic heterocycles. The van der Waals surface area contributed by atoms with Gasteiger partial charge in [-0.1, -0.05) is 42.5 Å². The minimum atomic E-state index is -0.321. The van der Waals surface area contributed by atoms with Gasteiger partial charge in [0.05, 0.1) is 17.5 Å². The smallest absolute Gasteiger partial charge is 0.272 e. The van der Waals surface area contributed by atoms with Crippen LogP contribution in [0, 0.1) is 5.92 Å². The molecule has 1 aromatic heterocycles. The number of hydrogen-bond acceptors (Lipinski definition) is 4. The van der Waals surface area contributed by atoms with Gasteiger partial charge in [-0.05, 0) is 47.7 Å². The Morgan fingerprint density at radius 3 is 2.64 bits per heavy atom. The van der Waals surface area contributed by atoms with E-state index in [2.05, 4.69) is 20.8 Å². The average molecular weight is 436 g/mol. The molecule has 7 heteroatoms. The van der Waals surface area contributed by atoms with Gasteiger partial charge >= 0.3 is 0 Å². The van der Waals surface area contributed by atoms with Gasteiger partial charge < -0.3 is 15.4 Å². The SMILES string of the molecule is O=C1NN=Cc2c(-c3ccccc3)[nH]c3cc(NC(=O)C4CC4c4ccc(O)cc4)cc1c23. The molecule has 0 bridgehead atoms. The maximum Gasteiger partial charge on any atom is 0.272 e. The van der Waals surface area contributed by atoms with Gasteiger partial charge in [-0.15, -0.1) is 0 Å². The number of phenolic OH excluding ortho intramolecular Hbond substituents is 1. The van der Waals surface area contributed by atoms with Crippen molar-refractivity contribution in [1.29, 1.82) is 0 Å². The summed E-state index contributed by atoms with van der Waals surface area (Å²) < 4.78 is 0. The van der Waals surface area contributed by atoms with Gasteiger partial charge in [-0.3, -0.25) is 9.59 Å². The molecule has 2 amide bonds. The van der Waals surface area contributed by atoms with E-state index < -0.39 is 0 Å². The molecule has 0 saturated heterocycles. The highest BCUT2D eigenvalue weighted by atomic mass is 16.3. The second-order valence-corrected chi connectivity index (χ2v) is 8.45. The number of rotatable bonds is 4. The Bertz CT molecular complexity index is 1440. The van der Waals surface area contributed by atoms with Crippen LogP contribution in [0.1, 0.15) is 33.8 Å². The molecule has 2 heterocycles. The molecule has 2 atom stereocenters. The van der Waals surface area contributed by atoms with E-state index in [9.17, 15) is 14.7 Å². The van der Waals surface area contributed by atoms with Crippen molar-refractivity contribution in [2.45, 2.75) is 12.3 Å². The molecule has 3 aromatic carbocycles. The Balaban J connectivity index is 1.34. The fourth-order valence-electron chi connectivity index (χ4n) is 4.60. The molecule has 4 N–H and O–H groups in total. The van der Waals surface area contributed by atoms with Gasteiger partial charge in [0.25, 0.3) is 5.91 Å². The summed E-state index contributed by atoms with van der Waals surface area (Å²) >= 11 is 0. The molecule has 1 aliphatic carbocycles. The molecule has 0 radical (unpaired) electrons. The van der Waals surface area contributed by atoms with Crippen LogP contribution >= 0.6 is 0 Å². The summed E-state index contributed by atoms with van der Waals surface area (Å²) in [6, 6.07) is 20.4. The van der Waals surface area contributed by atoms with Crippen LogP contribution in [0.15, 0.2) is 71.8 Å². The molecule has 2 unspecified atom stereocenters. The van der Waals surface area contributed by atoms with Crippen LogP contribution in [0.3, 0.4) is 0 Å². The standard InChI is InChI=1S/C26H20N4O3/c31-17-8-6-14(7-9-17)18-12-19(18)25(32)28-16-10-20-23-21(13-27-30-26(20)33)24(29-22(23)11-16)15-4-2-1-3-5-15/h1-11,13,18-19,29,31H,12H2,(H,28,32)(H,30,33). The van der Waals surface area contributed by atoms with Crippen molar-refractivity contribution in [2.24, 2.45) is 11.0 Å². The molecule has 1 fully saturated rings. The van der Waals surface area contributed by atoms with Crippen LogP contribution < -0.4 is 10.7 Å². The topological polar surface area (TPSA) is 107 Å². The molecule has 7 nitrogen and oxygen atoms in total. The lowest BCUT2D eigenvalue weighted by Crippen LogP contribution is -2.18. The van der Waals surface area contributed by atoms with Gasteiger partial charge in [0, 0.05) is 28.1 Å². The third kappa shape index (κ3) is 3.34. The Labute approximate surface area is 189 Å². The summed E-state index contributed by atoms with van der Waals surface area (Å²) in [5.74, 6) is -0.200. The second kappa shape index (κ2) is 7.34. The Hall–Kier alpha value is -4.39. The van der Waals surface area contributed by atoms with Crippen LogP contribution in [-0.2, 0) is 4.79 Å². The van der Waals surface area contributed by atoms with Gasteiger partial charge in [-0.2, -0.15) is 5.10 Å². The van der Waals surface area contributed by atoms with Crippen LogP contribution in [0.2, 0.25) is 0 Å². The number of aromatic hydroxyl groups is 1. The number of aromatic nitrogens is 1. The van der Waals surface area contributed by atoms with Gasteiger partial charge in [0.15, 0.2) is 0 Å². The van der Waals surface area contributed by atoms with E-state index >= 15 is 0 Å². The number of hydrazone groups is 1. The first-order valence-corrected chi connectivity index (χ1v) is 10.8. The van der Waals surface area contributed by atoms with Crippen LogP contribution in [0.25, 0.3) is 22.2 Å². The Morgan fingerprint density at radius 2 is 1.85 bits per heavy atom. The van der Waals surface area contributed by atoms with E-state index in [0.717, 1.165) is 39.7 Å². The summed E-state index contributed by atoms with van der Waals surface area (Å²) in [6.07, 6.45) is 2.41. The summed E-state index contributed by atoms with van der Waals surface area (Å²) in [6.45, 7) is 0. The first-order chi connectivity index (χ1) is 16.1. The van der Waals surface area contributed by atoms with Crippen molar-refractivity contribution < 1.29 is 14.7 Å². The minimum absolute atomic E-state index is 0.0834. The van der Waals surface area contributed by atoms with Gasteiger partial charge in [0.1, 0.15) is 5.75 Å². The molecule has 1 saturated carbocycles. The highest BCUT2D eigenvalue weighted by Crippen LogP contribution is 2.48. The summed E-state index contributed by atoms with van der Waals surface area (Å²) in [5, 5.41) is 17.3. The molecule has 2 aliphatic rings. The van der Waals surface area contributed by atoms with Crippen LogP contribution in [0.5, 0.6) is 5.75 Å². The zero-order chi connectivity index (χ0) is 22.5. The third-order valence-electron chi connectivity index (χ3n) is 6.32. The number of hydrogen-bond donors (Lipinski definition) is 4. The number of aromatic amines is 1. The van der Waals surface area contributed by atoms with Crippen LogP contribution in [-0.4, -0.2) is 28.1 Å². The predicted octanol–water partition coefficient (Wildman–Crippen LogP) is 4.36. The van der Waals surface area contributed by atoms with Crippen molar-refractivity contribution in [3.8, 4) is 17.0 Å². The summed E-state index contributed by atoms with van der Waals surface area (Å²) in [4.78, 5) is 29.0. The van der Waals surface area contributed by atoms with Gasteiger partial charge in [-0.25, -0.2) is 5.43 Å². The van der Waals surface area contributed by atoms with Crippen LogP contribution in [0.4, 0.5) is 5.69 Å². The quantitative estimate of drug-likeness (QED) is 0.382. The van der Waals surface area contributed by atoms with E-state index in [1.165, 1.54) is 0 Å². The monoisotopic (exact) mass is 436 g/mol. The number of amides is 2. The third-order valence-corrected chi connectivity index (χ3v) is 6.32. The number of benzene rings is 3. The van der Waals surface area contributed by atoms with E-state index in [0.29, 0.717) is 11.3 Å². The highest BCUT2D eigenvalue weighted by Gasteiger charge is 2.44. The highest BCUT2D eigenvalue weighted by molar-refractivity contribution is 6.18. The molecule has 162 valence electrons. The number of anilines is 1. The number of nitrogens with one attached hydrogen (secondary N) is 3. The summed E-state index contributed by atoms with van der Waals surface area (Å²) in [5.41, 5.74) is 8.03. The number of carbonyl (C=O) groups excluding carboxylic acids is 2. The van der Waals surface area contributed by atoms with Gasteiger partial charge in [0.2, 0.25) is 5.91 Å².